The molecule has 0 aliphatic heterocycles. The first-order valence-electron chi connectivity index (χ1n) is 3.61. The van der Waals surface area contributed by atoms with E-state index >= 15 is 0 Å². The molecule has 0 spiro atoms. The predicted molar refractivity (Wildman–Crippen MR) is 54.2 cm³/mol. The molecule has 3 nitrogen and oxygen atoms in total. The number of thiophene rings is 1. The average Bonchev–Trinajstić information content (AvgIpc) is 2.57. The molecule has 0 saturated heterocycles. The average molecular weight is 212 g/mol. The van der Waals surface area contributed by atoms with E-state index in [0.29, 0.717) is 5.75 Å². The molecule has 1 aromatic heterocycles. The lowest BCUT2D eigenvalue weighted by Gasteiger charge is -1.96. The van der Waals surface area contributed by atoms with Crippen molar-refractivity contribution in [3.05, 3.63) is 22.4 Å². The van der Waals surface area contributed by atoms with Gasteiger partial charge in [-0.05, 0) is 11.4 Å². The number of hydrogen-bond donors (Lipinski definition) is 1. The van der Waals surface area contributed by atoms with Gasteiger partial charge in [0.05, 0.1) is 5.75 Å². The molecule has 0 aliphatic rings. The van der Waals surface area contributed by atoms with Gasteiger partial charge in [-0.2, -0.15) is 5.26 Å². The van der Waals surface area contributed by atoms with Crippen molar-refractivity contribution in [3.63, 3.8) is 0 Å². The van der Waals surface area contributed by atoms with Gasteiger partial charge in [0, 0.05) is 10.6 Å². The zero-order valence-corrected chi connectivity index (χ0v) is 8.45. The third-order valence-electron chi connectivity index (χ3n) is 1.25. The number of amides is 1. The van der Waals surface area contributed by atoms with E-state index in [0.717, 1.165) is 5.75 Å². The maximum atomic E-state index is 10.8. The van der Waals surface area contributed by atoms with Gasteiger partial charge in [-0.15, -0.1) is 23.1 Å². The van der Waals surface area contributed by atoms with Crippen LogP contribution in [0.25, 0.3) is 0 Å². The van der Waals surface area contributed by atoms with Crippen LogP contribution in [0.3, 0.4) is 0 Å². The molecule has 1 rings (SSSR count). The highest BCUT2D eigenvalue weighted by Crippen LogP contribution is 2.16. The molecule has 0 saturated carbocycles. The molecule has 0 unspecified atom stereocenters. The summed E-state index contributed by atoms with van der Waals surface area (Å²) >= 11 is 3.18. The summed E-state index contributed by atoms with van der Waals surface area (Å²) in [6.07, 6.45) is 1.60. The van der Waals surface area contributed by atoms with Crippen molar-refractivity contribution < 1.29 is 4.79 Å². The Kier molecular flexibility index (Phi) is 4.36. The number of carbonyl (C=O) groups is 1. The van der Waals surface area contributed by atoms with Crippen molar-refractivity contribution in [1.82, 2.24) is 5.32 Å². The van der Waals surface area contributed by atoms with Gasteiger partial charge in [0.25, 0.3) is 0 Å². The largest absolute Gasteiger partial charge is 0.273 e. The smallest absolute Gasteiger partial charge is 0.242 e. The lowest BCUT2D eigenvalue weighted by Crippen LogP contribution is -2.19. The van der Waals surface area contributed by atoms with Gasteiger partial charge in [0.2, 0.25) is 5.91 Å². The van der Waals surface area contributed by atoms with Crippen LogP contribution in [0.5, 0.6) is 0 Å². The van der Waals surface area contributed by atoms with Gasteiger partial charge < -0.3 is 0 Å². The molecule has 5 heteroatoms. The lowest BCUT2D eigenvalue weighted by molar-refractivity contribution is -0.117. The highest BCUT2D eigenvalue weighted by Gasteiger charge is 2.00. The van der Waals surface area contributed by atoms with E-state index < -0.39 is 0 Å². The third-order valence-corrected chi connectivity index (χ3v) is 3.29. The minimum atomic E-state index is -0.232. The maximum absolute atomic E-state index is 10.8. The van der Waals surface area contributed by atoms with Crippen LogP contribution in [0.2, 0.25) is 0 Å². The van der Waals surface area contributed by atoms with Crippen molar-refractivity contribution in [1.29, 1.82) is 5.26 Å². The molecule has 13 heavy (non-hydrogen) atoms. The van der Waals surface area contributed by atoms with E-state index in [1.165, 1.54) is 16.6 Å². The van der Waals surface area contributed by atoms with Crippen LogP contribution in [0, 0.1) is 11.5 Å². The summed E-state index contributed by atoms with van der Waals surface area (Å²) in [7, 11) is 0. The Morgan fingerprint density at radius 1 is 1.77 bits per heavy atom. The minimum Gasteiger partial charge on any atom is -0.273 e. The van der Waals surface area contributed by atoms with E-state index in [2.05, 4.69) is 5.32 Å². The fourth-order valence-corrected chi connectivity index (χ4v) is 2.41. The van der Waals surface area contributed by atoms with Crippen molar-refractivity contribution in [2.45, 2.75) is 5.75 Å². The third kappa shape index (κ3) is 3.97. The number of rotatable bonds is 4. The lowest BCUT2D eigenvalue weighted by atomic mass is 10.5. The van der Waals surface area contributed by atoms with Gasteiger partial charge >= 0.3 is 0 Å². The van der Waals surface area contributed by atoms with Crippen LogP contribution in [0.4, 0.5) is 0 Å². The topological polar surface area (TPSA) is 52.9 Å². The summed E-state index contributed by atoms with van der Waals surface area (Å²) in [5.41, 5.74) is 0. The second-order valence-electron chi connectivity index (χ2n) is 2.23. The summed E-state index contributed by atoms with van der Waals surface area (Å²) in [4.78, 5) is 12.1. The first-order chi connectivity index (χ1) is 6.33. The van der Waals surface area contributed by atoms with Crippen LogP contribution in [-0.4, -0.2) is 11.7 Å². The predicted octanol–water partition coefficient (Wildman–Crippen LogP) is 1.58. The summed E-state index contributed by atoms with van der Waals surface area (Å²) in [6.45, 7) is 0. The molecule has 1 amide bonds. The van der Waals surface area contributed by atoms with E-state index in [1.807, 2.05) is 17.5 Å². The van der Waals surface area contributed by atoms with E-state index in [1.54, 1.807) is 17.5 Å². The van der Waals surface area contributed by atoms with Crippen LogP contribution >= 0.6 is 23.1 Å². The maximum Gasteiger partial charge on any atom is 0.242 e. The summed E-state index contributed by atoms with van der Waals surface area (Å²) in [5.74, 6) is 0.936. The molecule has 0 aromatic carbocycles. The molecule has 1 heterocycles. The molecule has 1 N–H and O–H groups in total. The highest BCUT2D eigenvalue weighted by molar-refractivity contribution is 7.99. The van der Waals surface area contributed by atoms with Gasteiger partial charge in [0.15, 0.2) is 6.19 Å². The zero-order valence-electron chi connectivity index (χ0n) is 6.82. The Balaban J connectivity index is 2.15. The van der Waals surface area contributed by atoms with E-state index in [-0.39, 0.29) is 5.91 Å². The molecule has 1 aromatic rings. The zero-order chi connectivity index (χ0) is 9.52. The standard InChI is InChI=1S/C8H8N2OS2/c9-6-10-8(11)5-12-4-7-2-1-3-13-7/h1-3H,4-5H2,(H,10,11). The van der Waals surface area contributed by atoms with Crippen molar-refractivity contribution in [2.75, 3.05) is 5.75 Å². The van der Waals surface area contributed by atoms with E-state index in [9.17, 15) is 4.79 Å². The SMILES string of the molecule is N#CNC(=O)CSCc1cccs1. The highest BCUT2D eigenvalue weighted by atomic mass is 32.2. The molecule has 68 valence electrons. The fraction of sp³-hybridized carbons (Fsp3) is 0.250. The van der Waals surface area contributed by atoms with Crippen LogP contribution < -0.4 is 5.32 Å². The van der Waals surface area contributed by atoms with Gasteiger partial charge in [-0.1, -0.05) is 6.07 Å². The summed E-state index contributed by atoms with van der Waals surface area (Å²) in [6, 6.07) is 4.01. The number of thioether (sulfide) groups is 1. The van der Waals surface area contributed by atoms with Gasteiger partial charge in [-0.3, -0.25) is 10.1 Å². The molecule has 0 fully saturated rings. The van der Waals surface area contributed by atoms with Crippen LogP contribution in [-0.2, 0) is 10.5 Å². The summed E-state index contributed by atoms with van der Waals surface area (Å²) < 4.78 is 0. The molecule has 0 atom stereocenters. The minimum absolute atomic E-state index is 0.232. The first kappa shape index (κ1) is 10.1. The van der Waals surface area contributed by atoms with Crippen molar-refractivity contribution in [2.24, 2.45) is 0 Å². The number of nitrogens with zero attached hydrogens (tertiary/aromatic N) is 1. The second kappa shape index (κ2) is 5.62. The van der Waals surface area contributed by atoms with Crippen molar-refractivity contribution in [3.8, 4) is 6.19 Å². The number of nitriles is 1. The molecule has 0 aliphatic carbocycles. The Labute approximate surface area is 84.8 Å². The van der Waals surface area contributed by atoms with E-state index in [4.69, 9.17) is 5.26 Å². The van der Waals surface area contributed by atoms with Crippen LogP contribution in [0.1, 0.15) is 4.88 Å². The molecular weight excluding hydrogens is 204 g/mol. The van der Waals surface area contributed by atoms with Crippen molar-refractivity contribution >= 4 is 29.0 Å². The normalized spacial score (nSPS) is 9.15. The monoisotopic (exact) mass is 212 g/mol. The Morgan fingerprint density at radius 2 is 2.62 bits per heavy atom. The van der Waals surface area contributed by atoms with Crippen LogP contribution in [0.15, 0.2) is 17.5 Å². The van der Waals surface area contributed by atoms with Gasteiger partial charge in [0.1, 0.15) is 0 Å². The molecule has 0 bridgehead atoms. The quantitative estimate of drug-likeness (QED) is 0.609. The molecule has 0 radical (unpaired) electrons. The molecular formula is C8H8N2OS2. The second-order valence-corrected chi connectivity index (χ2v) is 4.25. The Bertz CT molecular complexity index is 302. The Hall–Kier alpha value is -0.990. The Morgan fingerprint density at radius 3 is 3.23 bits per heavy atom. The number of carbonyl (C=O) groups excluding carboxylic acids is 1. The van der Waals surface area contributed by atoms with Gasteiger partial charge in [-0.25, -0.2) is 0 Å². The number of nitrogens with one attached hydrogen (secondary N) is 1. The fourth-order valence-electron chi connectivity index (χ4n) is 0.737. The first-order valence-corrected chi connectivity index (χ1v) is 5.64. The number of hydrogen-bond acceptors (Lipinski definition) is 4. The summed E-state index contributed by atoms with van der Waals surface area (Å²) in [5, 5.41) is 12.2.